The van der Waals surface area contributed by atoms with Gasteiger partial charge in [-0.3, -0.25) is 0 Å². The maximum absolute atomic E-state index is 5.50. The molecule has 0 spiro atoms. The van der Waals surface area contributed by atoms with Crippen LogP contribution in [-0.4, -0.2) is 27.3 Å². The van der Waals surface area contributed by atoms with Gasteiger partial charge in [0.25, 0.3) is 0 Å². The predicted molar refractivity (Wildman–Crippen MR) is 76.8 cm³/mol. The summed E-state index contributed by atoms with van der Waals surface area (Å²) in [6.45, 7) is 4.28. The zero-order valence-electron chi connectivity index (χ0n) is 11.2. The molecule has 1 aromatic rings. The quantitative estimate of drug-likeness (QED) is 0.929. The molecule has 1 fully saturated rings. The summed E-state index contributed by atoms with van der Waals surface area (Å²) in [5, 5.41) is 3.46. The third kappa shape index (κ3) is 2.50. The van der Waals surface area contributed by atoms with E-state index in [1.165, 1.54) is 24.0 Å². The summed E-state index contributed by atoms with van der Waals surface area (Å²) in [4.78, 5) is 0. The van der Waals surface area contributed by atoms with E-state index < -0.39 is 0 Å². The van der Waals surface area contributed by atoms with Gasteiger partial charge in [-0.05, 0) is 65.4 Å². The van der Waals surface area contributed by atoms with Gasteiger partial charge < -0.3 is 14.8 Å². The fourth-order valence-corrected chi connectivity index (χ4v) is 3.29. The number of piperidine rings is 1. The number of nitrogens with one attached hydrogen (secondary N) is 1. The van der Waals surface area contributed by atoms with Crippen LogP contribution in [0.3, 0.4) is 0 Å². The predicted octanol–water partition coefficient (Wildman–Crippen LogP) is 3.24. The second-order valence-corrected chi connectivity index (χ2v) is 5.54. The van der Waals surface area contributed by atoms with Crippen molar-refractivity contribution in [1.29, 1.82) is 0 Å². The van der Waals surface area contributed by atoms with Crippen molar-refractivity contribution in [1.82, 2.24) is 5.32 Å². The molecule has 1 aliphatic rings. The van der Waals surface area contributed by atoms with Crippen LogP contribution >= 0.6 is 15.9 Å². The van der Waals surface area contributed by atoms with E-state index in [9.17, 15) is 0 Å². The minimum absolute atomic E-state index is 0.565. The lowest BCUT2D eigenvalue weighted by Gasteiger charge is -2.26. The summed E-state index contributed by atoms with van der Waals surface area (Å²) in [5.41, 5.74) is 2.54. The molecule has 1 aliphatic heterocycles. The Balaban J connectivity index is 2.44. The molecule has 0 bridgehead atoms. The van der Waals surface area contributed by atoms with E-state index >= 15 is 0 Å². The molecule has 4 heteroatoms. The second-order valence-electron chi connectivity index (χ2n) is 4.68. The van der Waals surface area contributed by atoms with Crippen LogP contribution in [0.25, 0.3) is 0 Å². The molecule has 0 aliphatic carbocycles. The van der Waals surface area contributed by atoms with Crippen LogP contribution in [-0.2, 0) is 0 Å². The van der Waals surface area contributed by atoms with E-state index in [4.69, 9.17) is 9.47 Å². The van der Waals surface area contributed by atoms with Gasteiger partial charge in [0.1, 0.15) is 0 Å². The standard InChI is InChI=1S/C14H20BrNO2/c1-9-11(10-5-4-6-16-8-10)7-12(15)14(18-3)13(9)17-2/h7,10,16H,4-6,8H2,1-3H3. The lowest BCUT2D eigenvalue weighted by molar-refractivity contribution is 0.349. The Hall–Kier alpha value is -0.740. The van der Waals surface area contributed by atoms with Crippen LogP contribution in [0.2, 0.25) is 0 Å². The molecule has 1 saturated heterocycles. The zero-order valence-corrected chi connectivity index (χ0v) is 12.8. The van der Waals surface area contributed by atoms with E-state index in [1.807, 2.05) is 0 Å². The first-order chi connectivity index (χ1) is 8.69. The van der Waals surface area contributed by atoms with Crippen molar-refractivity contribution in [2.45, 2.75) is 25.7 Å². The van der Waals surface area contributed by atoms with Crippen LogP contribution < -0.4 is 14.8 Å². The number of halogens is 1. The normalized spacial score (nSPS) is 19.7. The van der Waals surface area contributed by atoms with Crippen LogP contribution in [0.5, 0.6) is 11.5 Å². The van der Waals surface area contributed by atoms with E-state index in [-0.39, 0.29) is 0 Å². The number of ether oxygens (including phenoxy) is 2. The molecule has 1 heterocycles. The summed E-state index contributed by atoms with van der Waals surface area (Å²) in [7, 11) is 3.37. The second kappa shape index (κ2) is 5.93. The molecule has 0 saturated carbocycles. The van der Waals surface area contributed by atoms with Crippen LogP contribution in [0.1, 0.15) is 29.9 Å². The molecule has 100 valence electrons. The third-order valence-corrected chi connectivity index (χ3v) is 4.21. The van der Waals surface area contributed by atoms with Gasteiger partial charge in [-0.25, -0.2) is 0 Å². The maximum Gasteiger partial charge on any atom is 0.175 e. The Morgan fingerprint density at radius 1 is 1.28 bits per heavy atom. The fraction of sp³-hybridized carbons (Fsp3) is 0.571. The van der Waals surface area contributed by atoms with Gasteiger partial charge in [-0.1, -0.05) is 0 Å². The fourth-order valence-electron chi connectivity index (χ4n) is 2.70. The van der Waals surface area contributed by atoms with Gasteiger partial charge in [0, 0.05) is 6.54 Å². The Labute approximate surface area is 117 Å². The largest absolute Gasteiger partial charge is 0.493 e. The van der Waals surface area contributed by atoms with Gasteiger partial charge in [0.2, 0.25) is 0 Å². The summed E-state index contributed by atoms with van der Waals surface area (Å²) < 4.78 is 11.9. The van der Waals surface area contributed by atoms with E-state index in [1.54, 1.807) is 14.2 Å². The van der Waals surface area contributed by atoms with Crippen molar-refractivity contribution in [3.63, 3.8) is 0 Å². The molecule has 0 amide bonds. The molecule has 1 N–H and O–H groups in total. The molecule has 0 radical (unpaired) electrons. The smallest absolute Gasteiger partial charge is 0.175 e. The van der Waals surface area contributed by atoms with E-state index in [2.05, 4.69) is 34.2 Å². The first kappa shape index (κ1) is 13.7. The Morgan fingerprint density at radius 3 is 2.56 bits per heavy atom. The maximum atomic E-state index is 5.50. The first-order valence-corrected chi connectivity index (χ1v) is 7.10. The highest BCUT2D eigenvalue weighted by Gasteiger charge is 2.22. The minimum atomic E-state index is 0.565. The lowest BCUT2D eigenvalue weighted by Crippen LogP contribution is -2.28. The zero-order chi connectivity index (χ0) is 13.1. The lowest BCUT2D eigenvalue weighted by atomic mass is 9.88. The van der Waals surface area contributed by atoms with E-state index in [0.717, 1.165) is 29.1 Å². The molecule has 1 unspecified atom stereocenters. The van der Waals surface area contributed by atoms with Gasteiger partial charge in [0.05, 0.1) is 18.7 Å². The summed E-state index contributed by atoms with van der Waals surface area (Å²) in [6.07, 6.45) is 2.46. The topological polar surface area (TPSA) is 30.5 Å². The van der Waals surface area contributed by atoms with Gasteiger partial charge in [-0.15, -0.1) is 0 Å². The molecule has 18 heavy (non-hydrogen) atoms. The van der Waals surface area contributed by atoms with E-state index in [0.29, 0.717) is 5.92 Å². The molecule has 2 rings (SSSR count). The molecule has 0 aromatic heterocycles. The highest BCUT2D eigenvalue weighted by atomic mass is 79.9. The average molecular weight is 314 g/mol. The van der Waals surface area contributed by atoms with Crippen molar-refractivity contribution >= 4 is 15.9 Å². The minimum Gasteiger partial charge on any atom is -0.493 e. The molecular weight excluding hydrogens is 294 g/mol. The van der Waals surface area contributed by atoms with Gasteiger partial charge in [0.15, 0.2) is 11.5 Å². The monoisotopic (exact) mass is 313 g/mol. The molecule has 3 nitrogen and oxygen atoms in total. The summed E-state index contributed by atoms with van der Waals surface area (Å²) in [6, 6.07) is 2.17. The Bertz CT molecular complexity index is 428. The van der Waals surface area contributed by atoms with Crippen molar-refractivity contribution in [2.24, 2.45) is 0 Å². The number of methoxy groups -OCH3 is 2. The molecular formula is C14H20BrNO2. The highest BCUT2D eigenvalue weighted by Crippen LogP contribution is 2.42. The van der Waals surface area contributed by atoms with Gasteiger partial charge in [-0.2, -0.15) is 0 Å². The number of rotatable bonds is 3. The van der Waals surface area contributed by atoms with Crippen molar-refractivity contribution in [3.05, 3.63) is 21.7 Å². The number of hydrogen-bond acceptors (Lipinski definition) is 3. The van der Waals surface area contributed by atoms with Crippen LogP contribution in [0, 0.1) is 6.92 Å². The molecule has 1 aromatic carbocycles. The van der Waals surface area contributed by atoms with Crippen LogP contribution in [0.15, 0.2) is 10.5 Å². The Kier molecular flexibility index (Phi) is 4.51. The summed E-state index contributed by atoms with van der Waals surface area (Å²) in [5.74, 6) is 2.19. The number of hydrogen-bond donors (Lipinski definition) is 1. The SMILES string of the molecule is COc1c(Br)cc(C2CCCNC2)c(C)c1OC. The third-order valence-electron chi connectivity index (χ3n) is 3.62. The van der Waals surface area contributed by atoms with Gasteiger partial charge >= 0.3 is 0 Å². The Morgan fingerprint density at radius 2 is 2.00 bits per heavy atom. The molecule has 1 atom stereocenters. The van der Waals surface area contributed by atoms with Crippen LogP contribution in [0.4, 0.5) is 0 Å². The van der Waals surface area contributed by atoms with Crippen molar-refractivity contribution < 1.29 is 9.47 Å². The first-order valence-electron chi connectivity index (χ1n) is 6.30. The average Bonchev–Trinajstić information content (AvgIpc) is 2.41. The van der Waals surface area contributed by atoms with Crippen molar-refractivity contribution in [3.8, 4) is 11.5 Å². The number of benzene rings is 1. The summed E-state index contributed by atoms with van der Waals surface area (Å²) >= 11 is 3.57. The highest BCUT2D eigenvalue weighted by molar-refractivity contribution is 9.10. The van der Waals surface area contributed by atoms with Crippen molar-refractivity contribution in [2.75, 3.05) is 27.3 Å².